The lowest BCUT2D eigenvalue weighted by molar-refractivity contribution is 0.101. The number of fused-ring (bicyclic) bond motifs is 1. The van der Waals surface area contributed by atoms with E-state index in [0.717, 1.165) is 23.8 Å². The Balaban J connectivity index is 1.77. The fourth-order valence-electron chi connectivity index (χ4n) is 3.12. The number of carbonyl (C=O) groups is 1. The van der Waals surface area contributed by atoms with Gasteiger partial charge in [-0.3, -0.25) is 4.79 Å². The zero-order valence-electron chi connectivity index (χ0n) is 15.6. The lowest BCUT2D eigenvalue weighted by Crippen LogP contribution is -2.22. The van der Waals surface area contributed by atoms with Gasteiger partial charge in [-0.05, 0) is 29.8 Å². The molecule has 0 saturated carbocycles. The van der Waals surface area contributed by atoms with Gasteiger partial charge in [-0.2, -0.15) is 0 Å². The molecule has 0 unspecified atom stereocenters. The monoisotopic (exact) mass is 406 g/mol. The standard InChI is InChI=1S/C23H16F2N2O3/c24-16-10-6-11-17(25)19(16)22(28)27-21-20(26-13-14-7-2-1-3-8-14)15-9-4-5-12-18(15)30-23(21)29/h1-12,26H,13H2,(H,27,28). The Morgan fingerprint density at radius 1 is 0.833 bits per heavy atom. The van der Waals surface area contributed by atoms with Gasteiger partial charge in [0.15, 0.2) is 5.69 Å². The third kappa shape index (κ3) is 3.77. The van der Waals surface area contributed by atoms with E-state index in [2.05, 4.69) is 10.6 Å². The molecule has 3 aromatic carbocycles. The van der Waals surface area contributed by atoms with Gasteiger partial charge in [0.05, 0.1) is 5.69 Å². The molecule has 0 aliphatic rings. The van der Waals surface area contributed by atoms with Crippen LogP contribution < -0.4 is 16.3 Å². The molecule has 1 amide bonds. The molecular formula is C23H16F2N2O3. The van der Waals surface area contributed by atoms with Crippen LogP contribution in [0.3, 0.4) is 0 Å². The molecule has 7 heteroatoms. The molecule has 5 nitrogen and oxygen atoms in total. The fourth-order valence-corrected chi connectivity index (χ4v) is 3.12. The average molecular weight is 406 g/mol. The summed E-state index contributed by atoms with van der Waals surface area (Å²) in [5, 5.41) is 5.99. The summed E-state index contributed by atoms with van der Waals surface area (Å²) in [4.78, 5) is 25.2. The highest BCUT2D eigenvalue weighted by atomic mass is 19.1. The van der Waals surface area contributed by atoms with Crippen molar-refractivity contribution in [1.82, 2.24) is 0 Å². The number of benzene rings is 3. The lowest BCUT2D eigenvalue weighted by atomic mass is 10.1. The number of nitrogens with one attached hydrogen (secondary N) is 2. The van der Waals surface area contributed by atoms with Crippen LogP contribution >= 0.6 is 0 Å². The van der Waals surface area contributed by atoms with Crippen LogP contribution in [0.1, 0.15) is 15.9 Å². The third-order valence-corrected chi connectivity index (χ3v) is 4.55. The number of carbonyl (C=O) groups excluding carboxylic acids is 1. The van der Waals surface area contributed by atoms with Gasteiger partial charge in [0.25, 0.3) is 5.91 Å². The highest BCUT2D eigenvalue weighted by Gasteiger charge is 2.22. The van der Waals surface area contributed by atoms with Crippen LogP contribution in [0.5, 0.6) is 0 Å². The lowest BCUT2D eigenvalue weighted by Gasteiger charge is -2.15. The van der Waals surface area contributed by atoms with Gasteiger partial charge >= 0.3 is 5.63 Å². The summed E-state index contributed by atoms with van der Waals surface area (Å²) >= 11 is 0. The Morgan fingerprint density at radius 3 is 2.23 bits per heavy atom. The first-order valence-electron chi connectivity index (χ1n) is 9.13. The number of amides is 1. The van der Waals surface area contributed by atoms with Gasteiger partial charge in [-0.25, -0.2) is 13.6 Å². The summed E-state index contributed by atoms with van der Waals surface area (Å²) in [6, 6.07) is 19.3. The van der Waals surface area contributed by atoms with Crippen molar-refractivity contribution in [3.63, 3.8) is 0 Å². The first-order valence-corrected chi connectivity index (χ1v) is 9.13. The van der Waals surface area contributed by atoms with Crippen molar-refractivity contribution in [2.24, 2.45) is 0 Å². The van der Waals surface area contributed by atoms with E-state index in [0.29, 0.717) is 23.2 Å². The van der Waals surface area contributed by atoms with Crippen molar-refractivity contribution >= 4 is 28.3 Å². The summed E-state index contributed by atoms with van der Waals surface area (Å²) in [6.45, 7) is 0.352. The molecule has 1 aromatic heterocycles. The molecule has 0 spiro atoms. The Labute approximate surface area is 170 Å². The predicted octanol–water partition coefficient (Wildman–Crippen LogP) is 4.94. The van der Waals surface area contributed by atoms with Crippen molar-refractivity contribution < 1.29 is 18.0 Å². The maximum Gasteiger partial charge on any atom is 0.362 e. The maximum absolute atomic E-state index is 14.0. The smallest absolute Gasteiger partial charge is 0.362 e. The largest absolute Gasteiger partial charge is 0.421 e. The molecule has 0 aliphatic carbocycles. The summed E-state index contributed by atoms with van der Waals surface area (Å²) in [5.74, 6) is -3.15. The minimum absolute atomic E-state index is 0.225. The first-order chi connectivity index (χ1) is 14.5. The number of para-hydroxylation sites is 1. The number of halogens is 2. The van der Waals surface area contributed by atoms with Gasteiger partial charge in [-0.1, -0.05) is 48.5 Å². The fraction of sp³-hybridized carbons (Fsp3) is 0.0435. The Morgan fingerprint density at radius 2 is 1.50 bits per heavy atom. The van der Waals surface area contributed by atoms with Crippen LogP contribution in [0, 0.1) is 11.6 Å². The van der Waals surface area contributed by atoms with Crippen molar-refractivity contribution in [1.29, 1.82) is 0 Å². The molecule has 2 N–H and O–H groups in total. The van der Waals surface area contributed by atoms with Gasteiger partial charge < -0.3 is 15.1 Å². The molecule has 0 bridgehead atoms. The second kappa shape index (κ2) is 8.16. The molecule has 0 saturated heterocycles. The summed E-state index contributed by atoms with van der Waals surface area (Å²) < 4.78 is 33.3. The predicted molar refractivity (Wildman–Crippen MR) is 111 cm³/mol. The molecule has 4 rings (SSSR count). The zero-order valence-corrected chi connectivity index (χ0v) is 15.6. The summed E-state index contributed by atoms with van der Waals surface area (Å²) in [7, 11) is 0. The van der Waals surface area contributed by atoms with E-state index >= 15 is 0 Å². The maximum atomic E-state index is 14.0. The Hall–Kier alpha value is -4.00. The second-order valence-corrected chi connectivity index (χ2v) is 6.53. The normalized spacial score (nSPS) is 10.7. The topological polar surface area (TPSA) is 71.3 Å². The van der Waals surface area contributed by atoms with E-state index in [4.69, 9.17) is 4.42 Å². The minimum atomic E-state index is -1.09. The molecule has 30 heavy (non-hydrogen) atoms. The van der Waals surface area contributed by atoms with Gasteiger partial charge in [0.1, 0.15) is 22.8 Å². The first kappa shape index (κ1) is 19.3. The van der Waals surface area contributed by atoms with Crippen LogP contribution in [0.25, 0.3) is 11.0 Å². The number of anilines is 2. The molecule has 1 heterocycles. The van der Waals surface area contributed by atoms with Crippen LogP contribution in [0.4, 0.5) is 20.2 Å². The number of hydrogen-bond donors (Lipinski definition) is 2. The molecule has 0 aliphatic heterocycles. The third-order valence-electron chi connectivity index (χ3n) is 4.55. The molecule has 0 atom stereocenters. The zero-order chi connectivity index (χ0) is 21.1. The van der Waals surface area contributed by atoms with Crippen LogP contribution in [0.15, 0.2) is 82.0 Å². The SMILES string of the molecule is O=C(Nc1c(NCc2ccccc2)c2ccccc2oc1=O)c1c(F)cccc1F. The Kier molecular flexibility index (Phi) is 5.26. The van der Waals surface area contributed by atoms with Crippen LogP contribution in [0.2, 0.25) is 0 Å². The van der Waals surface area contributed by atoms with Crippen molar-refractivity contribution in [2.45, 2.75) is 6.54 Å². The van der Waals surface area contributed by atoms with Crippen molar-refractivity contribution in [2.75, 3.05) is 10.6 Å². The number of hydrogen-bond acceptors (Lipinski definition) is 4. The van der Waals surface area contributed by atoms with Gasteiger partial charge in [0, 0.05) is 11.9 Å². The molecule has 150 valence electrons. The molecular weight excluding hydrogens is 390 g/mol. The second-order valence-electron chi connectivity index (χ2n) is 6.53. The van der Waals surface area contributed by atoms with E-state index in [1.165, 1.54) is 0 Å². The van der Waals surface area contributed by atoms with E-state index in [9.17, 15) is 18.4 Å². The van der Waals surface area contributed by atoms with Gasteiger partial charge in [0.2, 0.25) is 0 Å². The van der Waals surface area contributed by atoms with Crippen LogP contribution in [-0.4, -0.2) is 5.91 Å². The quantitative estimate of drug-likeness (QED) is 0.461. The van der Waals surface area contributed by atoms with Crippen LogP contribution in [-0.2, 0) is 6.54 Å². The molecule has 0 fully saturated rings. The van der Waals surface area contributed by atoms with E-state index < -0.39 is 28.7 Å². The van der Waals surface area contributed by atoms with E-state index in [1.807, 2.05) is 30.3 Å². The molecule has 4 aromatic rings. The minimum Gasteiger partial charge on any atom is -0.421 e. The van der Waals surface area contributed by atoms with Gasteiger partial charge in [-0.15, -0.1) is 0 Å². The summed E-state index contributed by atoms with van der Waals surface area (Å²) in [5.41, 5.74) is -0.290. The number of rotatable bonds is 5. The van der Waals surface area contributed by atoms with E-state index in [1.54, 1.807) is 24.3 Å². The average Bonchev–Trinajstić information content (AvgIpc) is 2.74. The highest BCUT2D eigenvalue weighted by molar-refractivity contribution is 6.08. The summed E-state index contributed by atoms with van der Waals surface area (Å²) in [6.07, 6.45) is 0. The van der Waals surface area contributed by atoms with Crippen molar-refractivity contribution in [3.8, 4) is 0 Å². The molecule has 0 radical (unpaired) electrons. The van der Waals surface area contributed by atoms with E-state index in [-0.39, 0.29) is 5.69 Å². The van der Waals surface area contributed by atoms with Crippen molar-refractivity contribution in [3.05, 3.63) is 106 Å². The highest BCUT2D eigenvalue weighted by Crippen LogP contribution is 2.29. The Bertz CT molecular complexity index is 1270.